The van der Waals surface area contributed by atoms with Gasteiger partial charge in [-0.1, -0.05) is 74.5 Å². The highest BCUT2D eigenvalue weighted by Gasteiger charge is 2.37. The molecule has 3 rings (SSSR count). The topological polar surface area (TPSA) is 181 Å². The maximum atomic E-state index is 13.6. The molecule has 0 saturated heterocycles. The maximum Gasteiger partial charge on any atom is 0.287 e. The van der Waals surface area contributed by atoms with E-state index in [0.29, 0.717) is 12.0 Å². The SMILES string of the molecule is CC(C)C[C@H](NC(=O)CP(=O)(O)C(Cc1ccccc1)NC(=O)c1ccco1)C(=O)N[C@@H](CCc1ccccc1)C(N)=O. The van der Waals surface area contributed by atoms with E-state index in [9.17, 15) is 28.6 Å². The van der Waals surface area contributed by atoms with Gasteiger partial charge in [0.15, 0.2) is 5.76 Å². The summed E-state index contributed by atoms with van der Waals surface area (Å²) in [5.74, 6) is -4.29. The predicted octanol–water partition coefficient (Wildman–Crippen LogP) is 2.98. The molecule has 4 amide bonds. The van der Waals surface area contributed by atoms with Crippen molar-refractivity contribution >= 4 is 31.0 Å². The van der Waals surface area contributed by atoms with Crippen molar-refractivity contribution in [1.29, 1.82) is 0 Å². The molecule has 230 valence electrons. The lowest BCUT2D eigenvalue weighted by Gasteiger charge is -2.26. The summed E-state index contributed by atoms with van der Waals surface area (Å²) in [6, 6.07) is 19.0. The zero-order valence-corrected chi connectivity index (χ0v) is 25.2. The summed E-state index contributed by atoms with van der Waals surface area (Å²) in [4.78, 5) is 62.2. The lowest BCUT2D eigenvalue weighted by Crippen LogP contribution is -2.54. The van der Waals surface area contributed by atoms with Crippen molar-refractivity contribution in [2.45, 2.75) is 57.4 Å². The molecule has 0 aliphatic heterocycles. The number of primary amides is 1. The van der Waals surface area contributed by atoms with Gasteiger partial charge < -0.3 is 31.0 Å². The van der Waals surface area contributed by atoms with E-state index in [2.05, 4.69) is 16.0 Å². The first kappa shape index (κ1) is 33.3. The fourth-order valence-electron chi connectivity index (χ4n) is 4.53. The third kappa shape index (κ3) is 10.9. The molecule has 2 aromatic carbocycles. The number of carbonyl (C=O) groups is 4. The first-order chi connectivity index (χ1) is 20.4. The van der Waals surface area contributed by atoms with Crippen molar-refractivity contribution in [3.63, 3.8) is 0 Å². The van der Waals surface area contributed by atoms with Crippen LogP contribution in [-0.4, -0.2) is 52.6 Å². The van der Waals surface area contributed by atoms with Gasteiger partial charge >= 0.3 is 0 Å². The molecule has 43 heavy (non-hydrogen) atoms. The quantitative estimate of drug-likeness (QED) is 0.155. The molecule has 2 unspecified atom stereocenters. The Morgan fingerprint density at radius 2 is 1.49 bits per heavy atom. The van der Waals surface area contributed by atoms with Crippen LogP contribution in [-0.2, 0) is 31.8 Å². The Labute approximate surface area is 251 Å². The Kier molecular flexibility index (Phi) is 12.3. The number of benzene rings is 2. The summed E-state index contributed by atoms with van der Waals surface area (Å²) in [5, 5.41) is 7.72. The van der Waals surface area contributed by atoms with Crippen LogP contribution in [0.1, 0.15) is 48.4 Å². The van der Waals surface area contributed by atoms with Gasteiger partial charge in [-0.25, -0.2) is 0 Å². The number of amides is 4. The zero-order chi connectivity index (χ0) is 31.4. The van der Waals surface area contributed by atoms with Crippen molar-refractivity contribution in [3.05, 3.63) is 95.9 Å². The fraction of sp³-hybridized carbons (Fsp3) is 0.355. The van der Waals surface area contributed by atoms with Crippen molar-refractivity contribution in [2.24, 2.45) is 11.7 Å². The Morgan fingerprint density at radius 1 is 0.860 bits per heavy atom. The number of carbonyl (C=O) groups excluding carboxylic acids is 4. The van der Waals surface area contributed by atoms with Crippen molar-refractivity contribution in [1.82, 2.24) is 16.0 Å². The van der Waals surface area contributed by atoms with Crippen LogP contribution >= 0.6 is 7.37 Å². The Morgan fingerprint density at radius 3 is 2.05 bits per heavy atom. The van der Waals surface area contributed by atoms with E-state index in [4.69, 9.17) is 10.2 Å². The number of aryl methyl sites for hydroxylation is 1. The van der Waals surface area contributed by atoms with Crippen LogP contribution in [0.25, 0.3) is 0 Å². The molecule has 6 N–H and O–H groups in total. The van der Waals surface area contributed by atoms with Crippen LogP contribution in [0.4, 0.5) is 0 Å². The van der Waals surface area contributed by atoms with Gasteiger partial charge in [0.25, 0.3) is 5.91 Å². The van der Waals surface area contributed by atoms with Crippen LogP contribution < -0.4 is 21.7 Å². The normalized spacial score (nSPS) is 14.6. The smallest absolute Gasteiger partial charge is 0.287 e. The maximum absolute atomic E-state index is 13.6. The van der Waals surface area contributed by atoms with E-state index in [1.165, 1.54) is 18.4 Å². The Balaban J connectivity index is 1.71. The highest BCUT2D eigenvalue weighted by molar-refractivity contribution is 7.59. The van der Waals surface area contributed by atoms with E-state index in [1.807, 2.05) is 44.2 Å². The minimum absolute atomic E-state index is 0.0219. The molecule has 12 heteroatoms. The van der Waals surface area contributed by atoms with Crippen molar-refractivity contribution in [2.75, 3.05) is 6.16 Å². The van der Waals surface area contributed by atoms with Crippen LogP contribution in [0.15, 0.2) is 83.5 Å². The van der Waals surface area contributed by atoms with Gasteiger partial charge in [0.1, 0.15) is 24.0 Å². The highest BCUT2D eigenvalue weighted by Crippen LogP contribution is 2.46. The van der Waals surface area contributed by atoms with Gasteiger partial charge in [0.2, 0.25) is 25.1 Å². The summed E-state index contributed by atoms with van der Waals surface area (Å²) in [6.45, 7) is 3.70. The molecule has 0 aliphatic rings. The third-order valence-corrected chi connectivity index (χ3v) is 8.78. The third-order valence-electron chi connectivity index (χ3n) is 6.75. The van der Waals surface area contributed by atoms with E-state index in [-0.39, 0.29) is 30.9 Å². The Bertz CT molecular complexity index is 1400. The minimum Gasteiger partial charge on any atom is -0.459 e. The van der Waals surface area contributed by atoms with E-state index in [1.54, 1.807) is 30.3 Å². The Hall–Kier alpha value is -4.21. The second-order valence-electron chi connectivity index (χ2n) is 10.8. The summed E-state index contributed by atoms with van der Waals surface area (Å²) in [6.07, 6.45) is 1.40. The van der Waals surface area contributed by atoms with Gasteiger partial charge in [-0.2, -0.15) is 0 Å². The lowest BCUT2D eigenvalue weighted by molar-refractivity contribution is -0.131. The van der Waals surface area contributed by atoms with E-state index < -0.39 is 55.0 Å². The predicted molar refractivity (Wildman–Crippen MR) is 162 cm³/mol. The summed E-state index contributed by atoms with van der Waals surface area (Å²) >= 11 is 0. The van der Waals surface area contributed by atoms with Crippen LogP contribution in [0, 0.1) is 5.92 Å². The van der Waals surface area contributed by atoms with Gasteiger partial charge in [-0.3, -0.25) is 23.7 Å². The molecule has 0 radical (unpaired) electrons. The van der Waals surface area contributed by atoms with Crippen molar-refractivity contribution in [3.8, 4) is 0 Å². The van der Waals surface area contributed by atoms with Gasteiger partial charge in [-0.05, 0) is 48.4 Å². The summed E-state index contributed by atoms with van der Waals surface area (Å²) < 4.78 is 18.7. The average Bonchev–Trinajstić information content (AvgIpc) is 3.50. The fourth-order valence-corrected chi connectivity index (χ4v) is 6.07. The first-order valence-electron chi connectivity index (χ1n) is 14.1. The van der Waals surface area contributed by atoms with Crippen LogP contribution in [0.5, 0.6) is 0 Å². The number of hydrogen-bond acceptors (Lipinski definition) is 6. The molecule has 0 spiro atoms. The minimum atomic E-state index is -4.38. The molecule has 0 aliphatic carbocycles. The number of hydrogen-bond donors (Lipinski definition) is 5. The van der Waals surface area contributed by atoms with Crippen molar-refractivity contribution < 1.29 is 33.1 Å². The van der Waals surface area contributed by atoms with Gasteiger partial charge in [-0.15, -0.1) is 0 Å². The molecule has 1 aromatic heterocycles. The lowest BCUT2D eigenvalue weighted by atomic mass is 10.0. The molecule has 1 heterocycles. The molecule has 0 bridgehead atoms. The number of rotatable bonds is 16. The molecule has 4 atom stereocenters. The van der Waals surface area contributed by atoms with Crippen LogP contribution in [0.3, 0.4) is 0 Å². The van der Waals surface area contributed by atoms with Gasteiger partial charge in [0, 0.05) is 6.42 Å². The monoisotopic (exact) mass is 610 g/mol. The summed E-state index contributed by atoms with van der Waals surface area (Å²) in [7, 11) is -4.38. The van der Waals surface area contributed by atoms with Crippen LogP contribution in [0.2, 0.25) is 0 Å². The average molecular weight is 611 g/mol. The second kappa shape index (κ2) is 15.9. The first-order valence-corrected chi connectivity index (χ1v) is 16.0. The number of nitrogens with one attached hydrogen (secondary N) is 3. The number of furan rings is 1. The molecule has 0 fully saturated rings. The molecule has 3 aromatic rings. The summed E-state index contributed by atoms with van der Waals surface area (Å²) in [5.41, 5.74) is 7.20. The molecular weight excluding hydrogens is 571 g/mol. The molecule has 11 nitrogen and oxygen atoms in total. The largest absolute Gasteiger partial charge is 0.459 e. The second-order valence-corrected chi connectivity index (χ2v) is 13.3. The van der Waals surface area contributed by atoms with E-state index in [0.717, 1.165) is 5.56 Å². The standard InChI is InChI=1S/C31H39N4O7P/c1-21(2)18-25(30(38)34-24(29(32)37)16-15-22-10-5-3-6-11-22)33-27(36)20-43(40,41)28(19-23-12-7-4-8-13-23)35-31(39)26-14-9-17-42-26/h3-14,17,21,24-25,28H,15-16,18-20H2,1-2H3,(H2,32,37)(H,33,36)(H,34,38)(H,35,39)(H,40,41)/t24-,25-,28?/m0/s1. The molecule has 0 saturated carbocycles. The number of nitrogens with two attached hydrogens (primary N) is 1. The highest BCUT2D eigenvalue weighted by atomic mass is 31.2. The zero-order valence-electron chi connectivity index (χ0n) is 24.3. The van der Waals surface area contributed by atoms with E-state index >= 15 is 0 Å². The molecular formula is C31H39N4O7P. The van der Waals surface area contributed by atoms with Gasteiger partial charge in [0.05, 0.1) is 6.26 Å².